The van der Waals surface area contributed by atoms with Crippen LogP contribution in [-0.4, -0.2) is 61.0 Å². The van der Waals surface area contributed by atoms with Crippen LogP contribution < -0.4 is 11.1 Å². The number of aryl methyl sites for hydroxylation is 2. The average molecular weight is 506 g/mol. The lowest BCUT2D eigenvalue weighted by Crippen LogP contribution is -2.58. The number of phenolic OH excluding ortho intramolecular Hbond substituents is 1. The van der Waals surface area contributed by atoms with E-state index in [0.717, 1.165) is 27.8 Å². The molecule has 1 aromatic heterocycles. The van der Waals surface area contributed by atoms with Gasteiger partial charge in [-0.1, -0.05) is 24.3 Å². The number of aliphatic carboxylic acids is 1. The van der Waals surface area contributed by atoms with Crippen LogP contribution in [0.15, 0.2) is 48.9 Å². The lowest BCUT2D eigenvalue weighted by molar-refractivity contribution is -0.146. The number of benzene rings is 2. The van der Waals surface area contributed by atoms with Gasteiger partial charge in [-0.2, -0.15) is 0 Å². The van der Waals surface area contributed by atoms with Crippen LogP contribution in [0.1, 0.15) is 33.5 Å². The van der Waals surface area contributed by atoms with E-state index in [1.54, 1.807) is 12.1 Å². The summed E-state index contributed by atoms with van der Waals surface area (Å²) in [4.78, 5) is 47.1. The third-order valence-corrected chi connectivity index (χ3v) is 6.85. The van der Waals surface area contributed by atoms with E-state index in [1.807, 2.05) is 38.1 Å². The summed E-state index contributed by atoms with van der Waals surface area (Å²) >= 11 is 0. The quantitative estimate of drug-likeness (QED) is 0.309. The van der Waals surface area contributed by atoms with Gasteiger partial charge in [0, 0.05) is 31.3 Å². The zero-order valence-electron chi connectivity index (χ0n) is 20.8. The summed E-state index contributed by atoms with van der Waals surface area (Å²) in [7, 11) is 0. The largest absolute Gasteiger partial charge is 0.508 e. The Bertz CT molecular complexity index is 1280. The van der Waals surface area contributed by atoms with Crippen LogP contribution >= 0.6 is 0 Å². The number of carbonyl (C=O) groups excluding carboxylic acids is 2. The number of nitrogens with one attached hydrogen (secondary N) is 2. The average Bonchev–Trinajstić information content (AvgIpc) is 3.37. The van der Waals surface area contributed by atoms with E-state index in [0.29, 0.717) is 5.69 Å². The molecule has 10 nitrogen and oxygen atoms in total. The van der Waals surface area contributed by atoms with E-state index >= 15 is 0 Å². The molecule has 0 saturated heterocycles. The molecule has 0 saturated carbocycles. The lowest BCUT2D eigenvalue weighted by Gasteiger charge is -2.38. The fourth-order valence-electron chi connectivity index (χ4n) is 4.89. The van der Waals surface area contributed by atoms with Crippen LogP contribution in [0, 0.1) is 13.8 Å². The second kappa shape index (κ2) is 10.8. The van der Waals surface area contributed by atoms with Gasteiger partial charge in [-0.3, -0.25) is 9.59 Å². The number of carboxylic acid groups (broad SMARTS) is 1. The summed E-state index contributed by atoms with van der Waals surface area (Å²) in [6.45, 7) is 3.88. The zero-order chi connectivity index (χ0) is 26.7. The molecule has 3 aromatic rings. The Hall–Kier alpha value is -4.18. The first kappa shape index (κ1) is 25.9. The van der Waals surface area contributed by atoms with Crippen molar-refractivity contribution in [2.45, 2.75) is 57.8 Å². The molecular formula is C27H31N5O5. The fourth-order valence-corrected chi connectivity index (χ4v) is 4.89. The number of imidazole rings is 1. The maximum Gasteiger partial charge on any atom is 0.326 e. The van der Waals surface area contributed by atoms with Crippen LogP contribution in [0.4, 0.5) is 0 Å². The van der Waals surface area contributed by atoms with Gasteiger partial charge in [0.2, 0.25) is 11.8 Å². The SMILES string of the molecule is Cc1cc(O)cc(C)c1C[C@H](N)C(=O)N1Cc2ccccc2C[C@H]1C(=O)N[C@@H](Cc1cnc[nH]1)C(=O)O. The molecule has 0 fully saturated rings. The first-order chi connectivity index (χ1) is 17.6. The summed E-state index contributed by atoms with van der Waals surface area (Å²) in [5.41, 5.74) is 11.3. The summed E-state index contributed by atoms with van der Waals surface area (Å²) < 4.78 is 0. The molecule has 1 aliphatic rings. The Balaban J connectivity index is 1.57. The summed E-state index contributed by atoms with van der Waals surface area (Å²) in [6, 6.07) is 7.75. The maximum atomic E-state index is 13.6. The van der Waals surface area contributed by atoms with E-state index in [1.165, 1.54) is 17.4 Å². The third-order valence-electron chi connectivity index (χ3n) is 6.85. The first-order valence-corrected chi connectivity index (χ1v) is 12.1. The molecule has 0 aliphatic carbocycles. The number of H-pyrrole nitrogens is 1. The molecule has 2 amide bonds. The minimum atomic E-state index is -1.20. The molecule has 194 valence electrons. The summed E-state index contributed by atoms with van der Waals surface area (Å²) in [5, 5.41) is 22.2. The number of aromatic hydroxyl groups is 1. The Kier molecular flexibility index (Phi) is 7.58. The normalized spacial score (nSPS) is 16.5. The second-order valence-corrected chi connectivity index (χ2v) is 9.50. The van der Waals surface area contributed by atoms with Crippen molar-refractivity contribution < 1.29 is 24.6 Å². The number of amides is 2. The second-order valence-electron chi connectivity index (χ2n) is 9.50. The van der Waals surface area contributed by atoms with Gasteiger partial charge in [0.25, 0.3) is 0 Å². The topological polar surface area (TPSA) is 162 Å². The molecule has 0 radical (unpaired) electrons. The van der Waals surface area contributed by atoms with Crippen LogP contribution in [-0.2, 0) is 40.2 Å². The first-order valence-electron chi connectivity index (χ1n) is 12.1. The molecule has 0 bridgehead atoms. The monoisotopic (exact) mass is 505 g/mol. The number of nitrogens with two attached hydrogens (primary N) is 1. The van der Waals surface area contributed by atoms with Gasteiger partial charge in [-0.25, -0.2) is 9.78 Å². The van der Waals surface area contributed by atoms with Crippen molar-refractivity contribution in [1.82, 2.24) is 20.2 Å². The number of phenols is 1. The molecule has 2 aromatic carbocycles. The van der Waals surface area contributed by atoms with Crippen LogP contribution in [0.2, 0.25) is 0 Å². The zero-order valence-corrected chi connectivity index (χ0v) is 20.8. The number of nitrogens with zero attached hydrogens (tertiary/aromatic N) is 2. The molecule has 4 rings (SSSR count). The minimum absolute atomic E-state index is 0.0250. The van der Waals surface area contributed by atoms with E-state index < -0.39 is 35.9 Å². The highest BCUT2D eigenvalue weighted by Crippen LogP contribution is 2.26. The third kappa shape index (κ3) is 5.80. The predicted octanol–water partition coefficient (Wildman–Crippen LogP) is 1.37. The lowest BCUT2D eigenvalue weighted by atomic mass is 9.91. The summed E-state index contributed by atoms with van der Waals surface area (Å²) in [5.74, 6) is -2.00. The molecule has 10 heteroatoms. The number of aromatic nitrogens is 2. The van der Waals surface area contributed by atoms with Gasteiger partial charge in [0.05, 0.1) is 12.4 Å². The maximum absolute atomic E-state index is 13.6. The molecular weight excluding hydrogens is 474 g/mol. The number of rotatable bonds is 8. The van der Waals surface area contributed by atoms with Crippen molar-refractivity contribution >= 4 is 17.8 Å². The number of fused-ring (bicyclic) bond motifs is 1. The van der Waals surface area contributed by atoms with Crippen molar-refractivity contribution in [3.63, 3.8) is 0 Å². The van der Waals surface area contributed by atoms with Gasteiger partial charge in [-0.05, 0) is 60.2 Å². The van der Waals surface area contributed by atoms with E-state index in [-0.39, 0.29) is 31.6 Å². The smallest absolute Gasteiger partial charge is 0.326 e. The summed E-state index contributed by atoms with van der Waals surface area (Å²) in [6.07, 6.45) is 3.45. The molecule has 2 heterocycles. The molecule has 1 aliphatic heterocycles. The van der Waals surface area contributed by atoms with Gasteiger partial charge < -0.3 is 31.1 Å². The highest BCUT2D eigenvalue weighted by molar-refractivity contribution is 5.92. The molecule has 3 atom stereocenters. The van der Waals surface area contributed by atoms with Crippen molar-refractivity contribution in [2.24, 2.45) is 5.73 Å². The fraction of sp³-hybridized carbons (Fsp3) is 0.333. The molecule has 37 heavy (non-hydrogen) atoms. The van der Waals surface area contributed by atoms with Gasteiger partial charge in [0.15, 0.2) is 0 Å². The van der Waals surface area contributed by atoms with E-state index in [4.69, 9.17) is 5.73 Å². The van der Waals surface area contributed by atoms with Gasteiger partial charge >= 0.3 is 5.97 Å². The Morgan fingerprint density at radius 3 is 2.46 bits per heavy atom. The standard InChI is InChI=1S/C27H31N5O5/c1-15-7-20(33)8-16(2)21(15)11-22(28)26(35)32-13-18-6-4-3-5-17(18)9-24(32)25(34)31-23(27(36)37)10-19-12-29-14-30-19/h3-8,12,14,22-24,33H,9-11,13,28H2,1-2H3,(H,29,30)(H,31,34)(H,36,37)/t22-,23-,24-/m0/s1. The van der Waals surface area contributed by atoms with Crippen molar-refractivity contribution in [3.05, 3.63) is 82.4 Å². The number of aromatic amines is 1. The number of hydrogen-bond donors (Lipinski definition) is 5. The van der Waals surface area contributed by atoms with Crippen LogP contribution in [0.3, 0.4) is 0 Å². The number of hydrogen-bond acceptors (Lipinski definition) is 6. The Labute approximate surface area is 214 Å². The molecule has 6 N–H and O–H groups in total. The Morgan fingerprint density at radius 2 is 1.84 bits per heavy atom. The molecule has 0 unspecified atom stereocenters. The number of carboxylic acids is 1. The minimum Gasteiger partial charge on any atom is -0.508 e. The van der Waals surface area contributed by atoms with Gasteiger partial charge in [-0.15, -0.1) is 0 Å². The van der Waals surface area contributed by atoms with Crippen molar-refractivity contribution in [1.29, 1.82) is 0 Å². The van der Waals surface area contributed by atoms with Gasteiger partial charge in [0.1, 0.15) is 17.8 Å². The number of carbonyl (C=O) groups is 3. The Morgan fingerprint density at radius 1 is 1.16 bits per heavy atom. The highest BCUT2D eigenvalue weighted by Gasteiger charge is 2.38. The molecule has 0 spiro atoms. The van der Waals surface area contributed by atoms with E-state index in [9.17, 15) is 24.6 Å². The van der Waals surface area contributed by atoms with Crippen LogP contribution in [0.5, 0.6) is 5.75 Å². The van der Waals surface area contributed by atoms with E-state index in [2.05, 4.69) is 15.3 Å². The highest BCUT2D eigenvalue weighted by atomic mass is 16.4. The predicted molar refractivity (Wildman–Crippen MR) is 136 cm³/mol. The van der Waals surface area contributed by atoms with Crippen LogP contribution in [0.25, 0.3) is 0 Å². The van der Waals surface area contributed by atoms with Crippen molar-refractivity contribution in [2.75, 3.05) is 0 Å². The van der Waals surface area contributed by atoms with Crippen molar-refractivity contribution in [3.8, 4) is 5.75 Å².